The van der Waals surface area contributed by atoms with Crippen LogP contribution in [0.1, 0.15) is 20.7 Å². The second kappa shape index (κ2) is 7.96. The first-order valence-corrected chi connectivity index (χ1v) is 10.1. The summed E-state index contributed by atoms with van der Waals surface area (Å²) >= 11 is 0. The van der Waals surface area contributed by atoms with Crippen molar-refractivity contribution in [3.05, 3.63) is 114 Å². The lowest BCUT2D eigenvalue weighted by molar-refractivity contribution is 0.0696. The van der Waals surface area contributed by atoms with E-state index < -0.39 is 5.97 Å². The number of aromatic carboxylic acids is 1. The summed E-state index contributed by atoms with van der Waals surface area (Å²) in [5, 5.41) is 12.0. The lowest BCUT2D eigenvalue weighted by Crippen LogP contribution is -2.25. The Hall–Kier alpha value is -4.51. The zero-order valence-electron chi connectivity index (χ0n) is 17.0. The second-order valence-electron chi connectivity index (χ2n) is 7.44. The number of benzene rings is 4. The van der Waals surface area contributed by atoms with Gasteiger partial charge in [-0.2, -0.15) is 0 Å². The summed E-state index contributed by atoms with van der Waals surface area (Å²) in [5.41, 5.74) is 2.68. The molecule has 0 aliphatic heterocycles. The molecule has 0 radical (unpaired) electrons. The van der Waals surface area contributed by atoms with Gasteiger partial charge in [0.1, 0.15) is 0 Å². The maximum atomic E-state index is 13.6. The highest BCUT2D eigenvalue weighted by atomic mass is 16.4. The van der Waals surface area contributed by atoms with E-state index in [0.717, 1.165) is 16.5 Å². The monoisotopic (exact) mass is 418 g/mol. The number of carbonyl (C=O) groups is 2. The van der Waals surface area contributed by atoms with Crippen molar-refractivity contribution in [1.29, 1.82) is 0 Å². The number of carboxylic acid groups (broad SMARTS) is 1. The van der Waals surface area contributed by atoms with Crippen LogP contribution in [-0.2, 0) is 0 Å². The van der Waals surface area contributed by atoms with Crippen LogP contribution in [-0.4, -0.2) is 22.0 Å². The Labute approximate surface area is 184 Å². The minimum Gasteiger partial charge on any atom is -0.478 e. The third-order valence-electron chi connectivity index (χ3n) is 5.39. The Morgan fingerprint density at radius 1 is 0.656 bits per heavy atom. The number of amides is 1. The smallest absolute Gasteiger partial charge is 0.337 e. The first-order valence-electron chi connectivity index (χ1n) is 10.1. The van der Waals surface area contributed by atoms with Gasteiger partial charge in [-0.15, -0.1) is 0 Å². The highest BCUT2D eigenvalue weighted by Gasteiger charge is 2.21. The van der Waals surface area contributed by atoms with Crippen molar-refractivity contribution in [2.24, 2.45) is 0 Å². The molecule has 0 aliphatic rings. The van der Waals surface area contributed by atoms with Crippen LogP contribution in [0, 0.1) is 0 Å². The number of carbonyl (C=O) groups excluding carboxylic acids is 1. The highest BCUT2D eigenvalue weighted by Crippen LogP contribution is 2.32. The number of pyridine rings is 1. The number of anilines is 2. The number of carboxylic acids is 1. The van der Waals surface area contributed by atoms with E-state index in [-0.39, 0.29) is 11.5 Å². The van der Waals surface area contributed by atoms with E-state index in [2.05, 4.69) is 4.98 Å². The van der Waals surface area contributed by atoms with E-state index in [9.17, 15) is 14.7 Å². The maximum absolute atomic E-state index is 13.6. The largest absolute Gasteiger partial charge is 0.478 e. The van der Waals surface area contributed by atoms with Crippen molar-refractivity contribution in [1.82, 2.24) is 4.98 Å². The van der Waals surface area contributed by atoms with Crippen molar-refractivity contribution in [3.8, 4) is 0 Å². The average Bonchev–Trinajstić information content (AvgIpc) is 2.84. The van der Waals surface area contributed by atoms with Crippen molar-refractivity contribution >= 4 is 44.9 Å². The normalized spacial score (nSPS) is 10.9. The molecule has 5 nitrogen and oxygen atoms in total. The molecule has 1 heterocycles. The SMILES string of the molecule is O=C(O)c1cnc2cc(N(C(=O)c3ccccc3)c3ccc4ccccc4c3)ccc2c1. The van der Waals surface area contributed by atoms with Crippen LogP contribution in [0.2, 0.25) is 0 Å². The van der Waals surface area contributed by atoms with Gasteiger partial charge in [0, 0.05) is 22.8 Å². The topological polar surface area (TPSA) is 70.5 Å². The number of fused-ring (bicyclic) bond motifs is 2. The molecule has 4 aromatic carbocycles. The van der Waals surface area contributed by atoms with Crippen LogP contribution >= 0.6 is 0 Å². The first-order chi connectivity index (χ1) is 15.6. The molecular weight excluding hydrogens is 400 g/mol. The molecule has 0 saturated carbocycles. The van der Waals surface area contributed by atoms with Crippen molar-refractivity contribution in [3.63, 3.8) is 0 Å². The summed E-state index contributed by atoms with van der Waals surface area (Å²) in [4.78, 5) is 30.8. The molecule has 154 valence electrons. The molecule has 0 spiro atoms. The van der Waals surface area contributed by atoms with Gasteiger partial charge in [-0.05, 0) is 53.2 Å². The van der Waals surface area contributed by atoms with E-state index >= 15 is 0 Å². The number of hydrogen-bond donors (Lipinski definition) is 1. The van der Waals surface area contributed by atoms with Gasteiger partial charge in [0.05, 0.1) is 16.8 Å². The molecular formula is C27H18N2O3. The lowest BCUT2D eigenvalue weighted by atomic mass is 10.1. The van der Waals surface area contributed by atoms with Gasteiger partial charge in [0.2, 0.25) is 0 Å². The minimum atomic E-state index is -1.03. The molecule has 5 heteroatoms. The third kappa shape index (κ3) is 3.56. The van der Waals surface area contributed by atoms with Crippen molar-refractivity contribution in [2.75, 3.05) is 4.90 Å². The Morgan fingerprint density at radius 3 is 2.06 bits per heavy atom. The fourth-order valence-electron chi connectivity index (χ4n) is 3.78. The molecule has 0 saturated heterocycles. The van der Waals surface area contributed by atoms with E-state index in [1.54, 1.807) is 35.2 Å². The Morgan fingerprint density at radius 2 is 1.31 bits per heavy atom. The summed E-state index contributed by atoms with van der Waals surface area (Å²) in [6.07, 6.45) is 1.33. The fraction of sp³-hybridized carbons (Fsp3) is 0. The zero-order chi connectivity index (χ0) is 22.1. The predicted octanol–water partition coefficient (Wildman–Crippen LogP) is 6.06. The standard InChI is InChI=1S/C27H18N2O3/c30-26(19-7-2-1-3-8-19)29(23-12-10-18-6-4-5-9-20(18)15-23)24-13-11-21-14-22(27(31)32)17-28-25(21)16-24/h1-17H,(H,31,32). The molecule has 0 unspecified atom stereocenters. The van der Waals surface area contributed by atoms with Gasteiger partial charge in [-0.1, -0.05) is 54.6 Å². The van der Waals surface area contributed by atoms with Crippen molar-refractivity contribution < 1.29 is 14.7 Å². The molecule has 0 aliphatic carbocycles. The third-order valence-corrected chi connectivity index (χ3v) is 5.39. The van der Waals surface area contributed by atoms with Crippen LogP contribution in [0.3, 0.4) is 0 Å². The molecule has 5 rings (SSSR count). The zero-order valence-corrected chi connectivity index (χ0v) is 17.0. The summed E-state index contributed by atoms with van der Waals surface area (Å²) in [6, 6.07) is 30.0. The average molecular weight is 418 g/mol. The molecule has 1 amide bonds. The number of rotatable bonds is 4. The molecule has 0 fully saturated rings. The number of aromatic nitrogens is 1. The van der Waals surface area contributed by atoms with Crippen LogP contribution in [0.25, 0.3) is 21.7 Å². The van der Waals surface area contributed by atoms with Gasteiger partial charge in [-0.25, -0.2) is 4.79 Å². The lowest BCUT2D eigenvalue weighted by Gasteiger charge is -2.24. The summed E-state index contributed by atoms with van der Waals surface area (Å²) in [5.74, 6) is -1.19. The first kappa shape index (κ1) is 19.5. The fourth-order valence-corrected chi connectivity index (χ4v) is 3.78. The maximum Gasteiger partial charge on any atom is 0.337 e. The van der Waals surface area contributed by atoms with Gasteiger partial charge < -0.3 is 5.11 Å². The summed E-state index contributed by atoms with van der Waals surface area (Å²) in [6.45, 7) is 0. The summed E-state index contributed by atoms with van der Waals surface area (Å²) in [7, 11) is 0. The van der Waals surface area contributed by atoms with Gasteiger partial charge in [0.15, 0.2) is 0 Å². The van der Waals surface area contributed by atoms with E-state index in [1.807, 2.05) is 66.7 Å². The molecule has 5 aromatic rings. The molecule has 1 aromatic heterocycles. The van der Waals surface area contributed by atoms with Gasteiger partial charge in [-0.3, -0.25) is 14.7 Å². The highest BCUT2D eigenvalue weighted by molar-refractivity contribution is 6.12. The predicted molar refractivity (Wildman–Crippen MR) is 126 cm³/mol. The Bertz CT molecular complexity index is 1480. The number of nitrogens with zero attached hydrogens (tertiary/aromatic N) is 2. The Kier molecular flexibility index (Phi) is 4.84. The molecule has 0 bridgehead atoms. The Balaban J connectivity index is 1.67. The molecule has 0 atom stereocenters. The van der Waals surface area contributed by atoms with Crippen molar-refractivity contribution in [2.45, 2.75) is 0 Å². The van der Waals surface area contributed by atoms with Crippen LogP contribution < -0.4 is 4.90 Å². The van der Waals surface area contributed by atoms with Crippen LogP contribution in [0.5, 0.6) is 0 Å². The van der Waals surface area contributed by atoms with Gasteiger partial charge >= 0.3 is 5.97 Å². The summed E-state index contributed by atoms with van der Waals surface area (Å²) < 4.78 is 0. The van der Waals surface area contributed by atoms with Crippen LogP contribution in [0.4, 0.5) is 11.4 Å². The quantitative estimate of drug-likeness (QED) is 0.385. The van der Waals surface area contributed by atoms with Gasteiger partial charge in [0.25, 0.3) is 5.91 Å². The minimum absolute atomic E-state index is 0.122. The molecule has 32 heavy (non-hydrogen) atoms. The van der Waals surface area contributed by atoms with E-state index in [4.69, 9.17) is 0 Å². The molecule has 1 N–H and O–H groups in total. The van der Waals surface area contributed by atoms with Crippen LogP contribution in [0.15, 0.2) is 103 Å². The van der Waals surface area contributed by atoms with E-state index in [1.165, 1.54) is 6.20 Å². The number of hydrogen-bond acceptors (Lipinski definition) is 3. The second-order valence-corrected chi connectivity index (χ2v) is 7.44. The van der Waals surface area contributed by atoms with E-state index in [0.29, 0.717) is 22.2 Å².